The van der Waals surface area contributed by atoms with E-state index in [0.717, 1.165) is 16.7 Å². The van der Waals surface area contributed by atoms with E-state index in [1.54, 1.807) is 31.7 Å². The highest BCUT2D eigenvalue weighted by atomic mass is 19.1. The van der Waals surface area contributed by atoms with Crippen molar-refractivity contribution in [3.8, 4) is 11.4 Å². The molecule has 34 heavy (non-hydrogen) atoms. The maximum atomic E-state index is 14.8. The SMILES string of the molecule is Cn1c(-c2cc(N3CCN(C(=O)CNC(=O)OC(C)(C)C)CC3)ccc2F)nc2ccccc21. The van der Waals surface area contributed by atoms with Gasteiger partial charge >= 0.3 is 6.09 Å². The van der Waals surface area contributed by atoms with Crippen LogP contribution in [0.25, 0.3) is 22.4 Å². The average molecular weight is 468 g/mol. The van der Waals surface area contributed by atoms with Crippen molar-refractivity contribution in [2.45, 2.75) is 26.4 Å². The zero-order chi connectivity index (χ0) is 24.5. The van der Waals surface area contributed by atoms with Gasteiger partial charge in [-0.1, -0.05) is 12.1 Å². The summed E-state index contributed by atoms with van der Waals surface area (Å²) < 4.78 is 21.8. The van der Waals surface area contributed by atoms with Gasteiger partial charge in [-0.25, -0.2) is 14.2 Å². The summed E-state index contributed by atoms with van der Waals surface area (Å²) in [5, 5.41) is 2.51. The third-order valence-electron chi connectivity index (χ3n) is 5.76. The Hall–Kier alpha value is -3.62. The Kier molecular flexibility index (Phi) is 6.45. The number of amides is 2. The highest BCUT2D eigenvalue weighted by Gasteiger charge is 2.24. The van der Waals surface area contributed by atoms with Gasteiger partial charge in [-0.05, 0) is 51.1 Å². The van der Waals surface area contributed by atoms with Gasteiger partial charge in [0, 0.05) is 38.9 Å². The van der Waals surface area contributed by atoms with Crippen molar-refractivity contribution < 1.29 is 18.7 Å². The molecule has 0 aliphatic carbocycles. The number of fused-ring (bicyclic) bond motifs is 1. The molecule has 1 saturated heterocycles. The Morgan fingerprint density at radius 2 is 1.79 bits per heavy atom. The van der Waals surface area contributed by atoms with Crippen molar-refractivity contribution in [1.82, 2.24) is 19.8 Å². The Bertz CT molecular complexity index is 1210. The molecule has 0 spiro atoms. The average Bonchev–Trinajstić information content (AvgIpc) is 3.13. The number of ether oxygens (including phenoxy) is 1. The number of aryl methyl sites for hydroxylation is 1. The number of alkyl carbamates (subject to hydrolysis) is 1. The second-order valence-corrected chi connectivity index (χ2v) is 9.37. The first-order chi connectivity index (χ1) is 16.1. The highest BCUT2D eigenvalue weighted by Crippen LogP contribution is 2.30. The molecule has 9 heteroatoms. The van der Waals surface area contributed by atoms with Gasteiger partial charge in [0.05, 0.1) is 16.6 Å². The molecule has 180 valence electrons. The van der Waals surface area contributed by atoms with E-state index in [-0.39, 0.29) is 18.3 Å². The van der Waals surface area contributed by atoms with Crippen molar-refractivity contribution in [3.63, 3.8) is 0 Å². The Balaban J connectivity index is 1.41. The molecular weight excluding hydrogens is 437 g/mol. The number of anilines is 1. The standard InChI is InChI=1S/C25H30FN5O3/c1-25(2,3)34-24(33)27-16-22(32)31-13-11-30(12-14-31)17-9-10-19(26)18(15-17)23-28-20-7-5-6-8-21(20)29(23)4/h5-10,15H,11-14,16H2,1-4H3,(H,27,33). The smallest absolute Gasteiger partial charge is 0.408 e. The normalized spacial score (nSPS) is 14.4. The van der Waals surface area contributed by atoms with Gasteiger partial charge in [-0.2, -0.15) is 0 Å². The lowest BCUT2D eigenvalue weighted by Crippen LogP contribution is -2.51. The van der Waals surface area contributed by atoms with E-state index in [9.17, 15) is 14.0 Å². The largest absolute Gasteiger partial charge is 0.444 e. The number of carbonyl (C=O) groups is 2. The molecule has 2 heterocycles. The van der Waals surface area contributed by atoms with E-state index in [1.807, 2.05) is 41.9 Å². The summed E-state index contributed by atoms with van der Waals surface area (Å²) in [6.07, 6.45) is -0.611. The van der Waals surface area contributed by atoms with E-state index in [2.05, 4.69) is 15.2 Å². The predicted molar refractivity (Wildman–Crippen MR) is 129 cm³/mol. The summed E-state index contributed by atoms with van der Waals surface area (Å²) in [4.78, 5) is 32.7. The number of nitrogens with zero attached hydrogens (tertiary/aromatic N) is 4. The topological polar surface area (TPSA) is 79.7 Å². The number of piperazine rings is 1. The van der Waals surface area contributed by atoms with E-state index < -0.39 is 11.7 Å². The van der Waals surface area contributed by atoms with Crippen LogP contribution in [0.1, 0.15) is 20.8 Å². The lowest BCUT2D eigenvalue weighted by atomic mass is 10.1. The maximum absolute atomic E-state index is 14.8. The van der Waals surface area contributed by atoms with Crippen molar-refractivity contribution in [1.29, 1.82) is 0 Å². The number of imidazole rings is 1. The molecule has 1 N–H and O–H groups in total. The molecule has 0 saturated carbocycles. The minimum Gasteiger partial charge on any atom is -0.444 e. The van der Waals surface area contributed by atoms with E-state index in [1.165, 1.54) is 6.07 Å². The molecule has 2 amide bonds. The maximum Gasteiger partial charge on any atom is 0.408 e. The molecule has 3 aromatic rings. The second kappa shape index (κ2) is 9.32. The molecule has 0 atom stereocenters. The van der Waals surface area contributed by atoms with Crippen LogP contribution in [-0.4, -0.2) is 64.8 Å². The van der Waals surface area contributed by atoms with Crippen LogP contribution >= 0.6 is 0 Å². The number of hydrogen-bond donors (Lipinski definition) is 1. The highest BCUT2D eigenvalue weighted by molar-refractivity contribution is 5.83. The molecule has 0 radical (unpaired) electrons. The van der Waals surface area contributed by atoms with Gasteiger partial charge in [-0.3, -0.25) is 4.79 Å². The molecule has 0 unspecified atom stereocenters. The Morgan fingerprint density at radius 1 is 1.09 bits per heavy atom. The van der Waals surface area contributed by atoms with Crippen LogP contribution in [0.3, 0.4) is 0 Å². The van der Waals surface area contributed by atoms with Gasteiger partial charge in [0.15, 0.2) is 0 Å². The summed E-state index contributed by atoms with van der Waals surface area (Å²) in [6.45, 7) is 7.42. The summed E-state index contributed by atoms with van der Waals surface area (Å²) in [5.74, 6) is 0.0803. The number of aromatic nitrogens is 2. The van der Waals surface area contributed by atoms with Crippen LogP contribution in [0.2, 0.25) is 0 Å². The lowest BCUT2D eigenvalue weighted by molar-refractivity contribution is -0.130. The fraction of sp³-hybridized carbons (Fsp3) is 0.400. The molecule has 4 rings (SSSR count). The van der Waals surface area contributed by atoms with Gasteiger partial charge in [0.1, 0.15) is 23.8 Å². The van der Waals surface area contributed by atoms with Crippen molar-refractivity contribution in [3.05, 3.63) is 48.3 Å². The van der Waals surface area contributed by atoms with Gasteiger partial charge in [0.25, 0.3) is 0 Å². The lowest BCUT2D eigenvalue weighted by Gasteiger charge is -2.36. The molecule has 2 aromatic carbocycles. The van der Waals surface area contributed by atoms with E-state index in [0.29, 0.717) is 37.6 Å². The third-order valence-corrected chi connectivity index (χ3v) is 5.76. The van der Waals surface area contributed by atoms with Crippen LogP contribution in [0, 0.1) is 5.82 Å². The summed E-state index contributed by atoms with van der Waals surface area (Å²) in [5.41, 5.74) is 2.46. The van der Waals surface area contributed by atoms with E-state index >= 15 is 0 Å². The van der Waals surface area contributed by atoms with Crippen LogP contribution < -0.4 is 10.2 Å². The predicted octanol–water partition coefficient (Wildman–Crippen LogP) is 3.55. The number of nitrogens with one attached hydrogen (secondary N) is 1. The first-order valence-electron chi connectivity index (χ1n) is 11.3. The molecule has 1 aromatic heterocycles. The van der Waals surface area contributed by atoms with Crippen LogP contribution in [0.5, 0.6) is 0 Å². The first kappa shape index (κ1) is 23.5. The number of rotatable bonds is 4. The van der Waals surface area contributed by atoms with Crippen LogP contribution in [-0.2, 0) is 16.6 Å². The summed E-state index contributed by atoms with van der Waals surface area (Å²) in [6, 6.07) is 12.8. The summed E-state index contributed by atoms with van der Waals surface area (Å²) >= 11 is 0. The zero-order valence-corrected chi connectivity index (χ0v) is 20.0. The first-order valence-corrected chi connectivity index (χ1v) is 11.3. The Labute approximate surface area is 198 Å². The Morgan fingerprint density at radius 3 is 2.47 bits per heavy atom. The van der Waals surface area contributed by atoms with Crippen molar-refractivity contribution >= 4 is 28.7 Å². The van der Waals surface area contributed by atoms with E-state index in [4.69, 9.17) is 4.74 Å². The molecule has 8 nitrogen and oxygen atoms in total. The fourth-order valence-electron chi connectivity index (χ4n) is 4.06. The van der Waals surface area contributed by atoms with Gasteiger partial charge in [-0.15, -0.1) is 0 Å². The summed E-state index contributed by atoms with van der Waals surface area (Å²) in [7, 11) is 1.88. The van der Waals surface area contributed by atoms with Crippen LogP contribution in [0.15, 0.2) is 42.5 Å². The monoisotopic (exact) mass is 467 g/mol. The van der Waals surface area contributed by atoms with Crippen molar-refractivity contribution in [2.24, 2.45) is 7.05 Å². The zero-order valence-electron chi connectivity index (χ0n) is 20.0. The minimum atomic E-state index is -0.617. The fourth-order valence-corrected chi connectivity index (χ4v) is 4.06. The molecular formula is C25H30FN5O3. The van der Waals surface area contributed by atoms with Gasteiger partial charge < -0.3 is 24.4 Å². The minimum absolute atomic E-state index is 0.109. The number of benzene rings is 2. The second-order valence-electron chi connectivity index (χ2n) is 9.37. The quantitative estimate of drug-likeness (QED) is 0.635. The molecule has 1 fully saturated rings. The molecule has 1 aliphatic rings. The molecule has 0 bridgehead atoms. The number of para-hydroxylation sites is 2. The van der Waals surface area contributed by atoms with Gasteiger partial charge in [0.2, 0.25) is 5.91 Å². The number of carbonyl (C=O) groups excluding carboxylic acids is 2. The third kappa shape index (κ3) is 5.13. The number of hydrogen-bond acceptors (Lipinski definition) is 5. The molecule has 1 aliphatic heterocycles. The van der Waals surface area contributed by atoms with Crippen LogP contribution in [0.4, 0.5) is 14.9 Å². The number of halogens is 1. The van der Waals surface area contributed by atoms with Crippen molar-refractivity contribution in [2.75, 3.05) is 37.6 Å².